The van der Waals surface area contributed by atoms with Gasteiger partial charge in [0.2, 0.25) is 0 Å². The highest BCUT2D eigenvalue weighted by Crippen LogP contribution is 2.22. The number of nitrogens with zero attached hydrogens (tertiary/aromatic N) is 1. The topological polar surface area (TPSA) is 3.24 Å². The van der Waals surface area contributed by atoms with Crippen LogP contribution in [0.15, 0.2) is 24.3 Å². The van der Waals surface area contributed by atoms with E-state index in [0.29, 0.717) is 0 Å². The van der Waals surface area contributed by atoms with Crippen LogP contribution in [0.5, 0.6) is 0 Å². The van der Waals surface area contributed by atoms with Gasteiger partial charge in [0.15, 0.2) is 0 Å². The minimum Gasteiger partial charge on any atom is -0.298 e. The van der Waals surface area contributed by atoms with Gasteiger partial charge in [0.25, 0.3) is 0 Å². The summed E-state index contributed by atoms with van der Waals surface area (Å²) in [5.74, 6) is 2.65. The molecule has 0 radical (unpaired) electrons. The first-order valence-electron chi connectivity index (χ1n) is 6.84. The molecule has 2 rings (SSSR count). The third-order valence-electron chi connectivity index (χ3n) is 3.78. The molecule has 1 aliphatic rings. The fourth-order valence-electron chi connectivity index (χ4n) is 2.40. The van der Waals surface area contributed by atoms with Gasteiger partial charge in [-0.1, -0.05) is 49.1 Å². The predicted molar refractivity (Wildman–Crippen MR) is 86.6 cm³/mol. The molecule has 0 N–H and O–H groups in total. The van der Waals surface area contributed by atoms with Crippen LogP contribution in [-0.2, 0) is 6.54 Å². The fourth-order valence-corrected chi connectivity index (χ4v) is 4.86. The molecule has 1 aromatic rings. The molecule has 1 atom stereocenters. The van der Waals surface area contributed by atoms with Crippen LogP contribution >= 0.6 is 11.8 Å². The molecule has 0 amide bonds. The summed E-state index contributed by atoms with van der Waals surface area (Å²) in [5.41, 5.74) is 1.46. The molecule has 0 bridgehead atoms. The highest BCUT2D eigenvalue weighted by Gasteiger charge is 2.20. The first-order valence-corrected chi connectivity index (χ1v) is 11.5. The van der Waals surface area contributed by atoms with Crippen LogP contribution in [0.3, 0.4) is 0 Å². The monoisotopic (exact) mass is 279 g/mol. The summed E-state index contributed by atoms with van der Waals surface area (Å²) in [7, 11) is 1.13. The molecule has 1 aliphatic heterocycles. The molecular weight excluding hydrogens is 254 g/mol. The minimum atomic E-state index is -1.14. The van der Waals surface area contributed by atoms with E-state index in [0.717, 1.165) is 12.6 Å². The molecule has 1 heterocycles. The van der Waals surface area contributed by atoms with Crippen molar-refractivity contribution in [3.05, 3.63) is 29.8 Å². The smallest absolute Gasteiger partial charge is 0.0775 e. The molecule has 3 heteroatoms. The Morgan fingerprint density at radius 1 is 1.22 bits per heavy atom. The predicted octanol–water partition coefficient (Wildman–Crippen LogP) is 3.17. The van der Waals surface area contributed by atoms with Gasteiger partial charge in [0.1, 0.15) is 0 Å². The van der Waals surface area contributed by atoms with Crippen LogP contribution in [0.25, 0.3) is 0 Å². The van der Waals surface area contributed by atoms with E-state index < -0.39 is 8.07 Å². The van der Waals surface area contributed by atoms with Gasteiger partial charge >= 0.3 is 0 Å². The lowest BCUT2D eigenvalue weighted by molar-refractivity contribution is 0.254. The van der Waals surface area contributed by atoms with Crippen molar-refractivity contribution in [1.82, 2.24) is 4.90 Å². The van der Waals surface area contributed by atoms with Gasteiger partial charge in [0, 0.05) is 18.3 Å². The van der Waals surface area contributed by atoms with Crippen LogP contribution in [0.4, 0.5) is 0 Å². The second-order valence-corrected chi connectivity index (χ2v) is 12.6. The Hall–Kier alpha value is -0.253. The lowest BCUT2D eigenvalue weighted by Crippen LogP contribution is -2.37. The minimum absolute atomic E-state index is 0.784. The van der Waals surface area contributed by atoms with E-state index in [4.69, 9.17) is 0 Å². The van der Waals surface area contributed by atoms with Gasteiger partial charge < -0.3 is 0 Å². The summed E-state index contributed by atoms with van der Waals surface area (Å²) >= 11 is 2.09. The molecule has 0 saturated carbocycles. The number of benzene rings is 1. The quantitative estimate of drug-likeness (QED) is 0.779. The maximum absolute atomic E-state index is 2.52. The standard InChI is InChI=1S/C15H25NSSi/c1-16(14-9-10-17-12-14)11-13-5-7-15(8-6-13)18(2,3)4/h5-8,14H,9-12H2,1-4H3. The molecular formula is C15H25NSSi. The zero-order chi connectivity index (χ0) is 13.2. The van der Waals surface area contributed by atoms with Crippen molar-refractivity contribution in [2.75, 3.05) is 18.6 Å². The highest BCUT2D eigenvalue weighted by molar-refractivity contribution is 7.99. The molecule has 100 valence electrons. The normalized spacial score (nSPS) is 20.6. The average Bonchev–Trinajstić information content (AvgIpc) is 2.82. The first-order chi connectivity index (χ1) is 8.47. The van der Waals surface area contributed by atoms with Crippen molar-refractivity contribution in [3.8, 4) is 0 Å². The van der Waals surface area contributed by atoms with Crippen molar-refractivity contribution < 1.29 is 0 Å². The highest BCUT2D eigenvalue weighted by atomic mass is 32.2. The van der Waals surface area contributed by atoms with E-state index in [1.807, 2.05) is 0 Å². The summed E-state index contributed by atoms with van der Waals surface area (Å²) in [6.07, 6.45) is 1.36. The van der Waals surface area contributed by atoms with Gasteiger partial charge in [-0.3, -0.25) is 4.90 Å². The van der Waals surface area contributed by atoms with E-state index in [-0.39, 0.29) is 0 Å². The SMILES string of the molecule is CN(Cc1ccc([Si](C)(C)C)cc1)C1CCSC1. The summed E-state index contributed by atoms with van der Waals surface area (Å²) in [5, 5.41) is 1.56. The Morgan fingerprint density at radius 2 is 1.89 bits per heavy atom. The molecule has 1 saturated heterocycles. The largest absolute Gasteiger partial charge is 0.298 e. The molecule has 1 aromatic carbocycles. The van der Waals surface area contributed by atoms with Gasteiger partial charge in [-0.25, -0.2) is 0 Å². The molecule has 1 nitrogen and oxygen atoms in total. The second kappa shape index (κ2) is 5.80. The van der Waals surface area contributed by atoms with Crippen molar-refractivity contribution in [2.24, 2.45) is 0 Å². The van der Waals surface area contributed by atoms with Gasteiger partial charge in [-0.15, -0.1) is 0 Å². The van der Waals surface area contributed by atoms with Crippen molar-refractivity contribution >= 4 is 25.0 Å². The molecule has 0 spiro atoms. The van der Waals surface area contributed by atoms with E-state index in [9.17, 15) is 0 Å². The zero-order valence-electron chi connectivity index (χ0n) is 12.1. The van der Waals surface area contributed by atoms with Crippen LogP contribution in [0, 0.1) is 0 Å². The van der Waals surface area contributed by atoms with Crippen molar-refractivity contribution in [3.63, 3.8) is 0 Å². The molecule has 18 heavy (non-hydrogen) atoms. The molecule has 0 aromatic heterocycles. The zero-order valence-corrected chi connectivity index (χ0v) is 13.9. The number of rotatable bonds is 4. The van der Waals surface area contributed by atoms with Gasteiger partial charge in [-0.05, 0) is 24.8 Å². The number of hydrogen-bond donors (Lipinski definition) is 0. The third-order valence-corrected chi connectivity index (χ3v) is 6.99. The van der Waals surface area contributed by atoms with E-state index in [1.165, 1.54) is 23.5 Å². The summed E-state index contributed by atoms with van der Waals surface area (Å²) in [6, 6.07) is 10.1. The van der Waals surface area contributed by atoms with Crippen LogP contribution in [0.1, 0.15) is 12.0 Å². The summed E-state index contributed by atoms with van der Waals surface area (Å²) in [4.78, 5) is 2.52. The summed E-state index contributed by atoms with van der Waals surface area (Å²) < 4.78 is 0. The van der Waals surface area contributed by atoms with Crippen LogP contribution in [-0.4, -0.2) is 37.6 Å². The Balaban J connectivity index is 1.97. The lowest BCUT2D eigenvalue weighted by Gasteiger charge is -2.24. The maximum atomic E-state index is 2.52. The van der Waals surface area contributed by atoms with E-state index in [1.54, 1.807) is 5.19 Å². The Bertz CT molecular complexity index is 376. The van der Waals surface area contributed by atoms with Gasteiger partial charge in [-0.2, -0.15) is 11.8 Å². The summed E-state index contributed by atoms with van der Waals surface area (Å²) in [6.45, 7) is 8.31. The average molecular weight is 280 g/mol. The second-order valence-electron chi connectivity index (χ2n) is 6.38. The molecule has 1 unspecified atom stereocenters. The molecule has 0 aliphatic carbocycles. The van der Waals surface area contributed by atoms with Crippen molar-refractivity contribution in [2.45, 2.75) is 38.6 Å². The first kappa shape index (κ1) is 14.2. The Labute approximate surface area is 117 Å². The Kier molecular flexibility index (Phi) is 4.57. The van der Waals surface area contributed by atoms with E-state index >= 15 is 0 Å². The van der Waals surface area contributed by atoms with E-state index in [2.05, 4.69) is 67.6 Å². The molecule has 1 fully saturated rings. The fraction of sp³-hybridized carbons (Fsp3) is 0.600. The van der Waals surface area contributed by atoms with Crippen LogP contribution < -0.4 is 5.19 Å². The van der Waals surface area contributed by atoms with Crippen molar-refractivity contribution in [1.29, 1.82) is 0 Å². The Morgan fingerprint density at radius 3 is 2.39 bits per heavy atom. The lowest BCUT2D eigenvalue weighted by atomic mass is 10.1. The van der Waals surface area contributed by atoms with Gasteiger partial charge in [0.05, 0.1) is 8.07 Å². The third kappa shape index (κ3) is 3.62. The maximum Gasteiger partial charge on any atom is 0.0775 e. The number of hydrogen-bond acceptors (Lipinski definition) is 2. The van der Waals surface area contributed by atoms with Crippen LogP contribution in [0.2, 0.25) is 19.6 Å². The number of thioether (sulfide) groups is 1.